The van der Waals surface area contributed by atoms with Crippen LogP contribution in [0.2, 0.25) is 0 Å². The number of nitrogens with one attached hydrogen (secondary N) is 2. The number of hydrogen-bond acceptors (Lipinski definition) is 2. The normalized spacial score (nSPS) is 10.5. The molecular weight excluding hydrogens is 231 g/mol. The van der Waals surface area contributed by atoms with E-state index in [2.05, 4.69) is 24.5 Å². The van der Waals surface area contributed by atoms with Crippen molar-refractivity contribution in [2.24, 2.45) is 5.92 Å². The van der Waals surface area contributed by atoms with Crippen LogP contribution in [-0.2, 0) is 4.79 Å². The van der Waals surface area contributed by atoms with Gasteiger partial charge in [0.15, 0.2) is 0 Å². The van der Waals surface area contributed by atoms with E-state index >= 15 is 0 Å². The summed E-state index contributed by atoms with van der Waals surface area (Å²) >= 11 is 0. The van der Waals surface area contributed by atoms with Gasteiger partial charge in [-0.1, -0.05) is 13.8 Å². The van der Waals surface area contributed by atoms with Gasteiger partial charge in [-0.3, -0.25) is 4.79 Å². The molecule has 0 unspecified atom stereocenters. The molecule has 0 fully saturated rings. The van der Waals surface area contributed by atoms with Crippen LogP contribution in [0.5, 0.6) is 0 Å². The van der Waals surface area contributed by atoms with Crippen LogP contribution in [0.3, 0.4) is 0 Å². The maximum Gasteiger partial charge on any atom is 0.239 e. The monoisotopic (exact) mass is 252 g/mol. The summed E-state index contributed by atoms with van der Waals surface area (Å²) < 4.78 is 13.1. The molecule has 0 aliphatic carbocycles. The molecule has 0 radical (unpaired) electrons. The Morgan fingerprint density at radius 1 is 1.33 bits per heavy atom. The van der Waals surface area contributed by atoms with Crippen molar-refractivity contribution < 1.29 is 9.18 Å². The van der Waals surface area contributed by atoms with Gasteiger partial charge in [-0.2, -0.15) is 0 Å². The van der Waals surface area contributed by atoms with E-state index in [1.165, 1.54) is 12.1 Å². The van der Waals surface area contributed by atoms with Crippen molar-refractivity contribution in [1.82, 2.24) is 5.32 Å². The Morgan fingerprint density at radius 3 is 2.67 bits per heavy atom. The SMILES string of the molecule is Cc1cc(F)cc(NCC(=O)NCCC(C)C)c1. The first-order chi connectivity index (χ1) is 8.47. The molecule has 0 aliphatic rings. The Balaban J connectivity index is 2.33. The molecular formula is C14H21FN2O. The molecule has 1 amide bonds. The quantitative estimate of drug-likeness (QED) is 0.817. The highest BCUT2D eigenvalue weighted by atomic mass is 19.1. The maximum absolute atomic E-state index is 13.1. The number of rotatable bonds is 6. The number of halogens is 1. The van der Waals surface area contributed by atoms with Crippen LogP contribution < -0.4 is 10.6 Å². The number of benzene rings is 1. The first-order valence-corrected chi connectivity index (χ1v) is 6.25. The van der Waals surface area contributed by atoms with Crippen molar-refractivity contribution in [2.75, 3.05) is 18.4 Å². The lowest BCUT2D eigenvalue weighted by atomic mass is 10.1. The zero-order chi connectivity index (χ0) is 13.5. The molecule has 0 saturated carbocycles. The smallest absolute Gasteiger partial charge is 0.239 e. The van der Waals surface area contributed by atoms with E-state index in [4.69, 9.17) is 0 Å². The standard InChI is InChI=1S/C14H21FN2O/c1-10(2)4-5-16-14(18)9-17-13-7-11(3)6-12(15)8-13/h6-8,10,17H,4-5,9H2,1-3H3,(H,16,18). The molecule has 4 heteroatoms. The van der Waals surface area contributed by atoms with E-state index < -0.39 is 0 Å². The largest absolute Gasteiger partial charge is 0.376 e. The zero-order valence-electron chi connectivity index (χ0n) is 11.2. The van der Waals surface area contributed by atoms with Crippen LogP contribution in [-0.4, -0.2) is 19.0 Å². The van der Waals surface area contributed by atoms with E-state index in [9.17, 15) is 9.18 Å². The van der Waals surface area contributed by atoms with Crippen molar-refractivity contribution in [1.29, 1.82) is 0 Å². The van der Waals surface area contributed by atoms with Crippen molar-refractivity contribution in [3.8, 4) is 0 Å². The minimum atomic E-state index is -0.294. The summed E-state index contributed by atoms with van der Waals surface area (Å²) in [5.74, 6) is 0.208. The summed E-state index contributed by atoms with van der Waals surface area (Å²) in [6.45, 7) is 6.89. The van der Waals surface area contributed by atoms with E-state index in [-0.39, 0.29) is 18.3 Å². The van der Waals surface area contributed by atoms with Gasteiger partial charge in [-0.15, -0.1) is 0 Å². The predicted molar refractivity (Wildman–Crippen MR) is 72.1 cm³/mol. The second-order valence-corrected chi connectivity index (χ2v) is 4.90. The van der Waals surface area contributed by atoms with Gasteiger partial charge in [-0.05, 0) is 43.0 Å². The average molecular weight is 252 g/mol. The molecule has 0 bridgehead atoms. The molecule has 2 N–H and O–H groups in total. The number of anilines is 1. The first kappa shape index (κ1) is 14.5. The number of amides is 1. The number of aryl methyl sites for hydroxylation is 1. The van der Waals surface area contributed by atoms with Gasteiger partial charge in [0.1, 0.15) is 5.82 Å². The lowest BCUT2D eigenvalue weighted by Gasteiger charge is -2.09. The summed E-state index contributed by atoms with van der Waals surface area (Å²) in [4.78, 5) is 11.5. The number of carbonyl (C=O) groups is 1. The van der Waals surface area contributed by atoms with Gasteiger partial charge in [0.25, 0.3) is 0 Å². The van der Waals surface area contributed by atoms with Gasteiger partial charge in [0, 0.05) is 12.2 Å². The Kier molecular flexibility index (Phi) is 5.62. The second-order valence-electron chi connectivity index (χ2n) is 4.90. The Morgan fingerprint density at radius 2 is 2.06 bits per heavy atom. The first-order valence-electron chi connectivity index (χ1n) is 6.25. The van der Waals surface area contributed by atoms with Crippen LogP contribution in [0.1, 0.15) is 25.8 Å². The molecule has 0 aliphatic heterocycles. The Bertz CT molecular complexity index is 385. The fraction of sp³-hybridized carbons (Fsp3) is 0.500. The molecule has 0 atom stereocenters. The lowest BCUT2D eigenvalue weighted by molar-refractivity contribution is -0.119. The van der Waals surface area contributed by atoms with Gasteiger partial charge < -0.3 is 10.6 Å². The molecule has 0 heterocycles. The van der Waals surface area contributed by atoms with Gasteiger partial charge in [0.05, 0.1) is 6.54 Å². The van der Waals surface area contributed by atoms with Gasteiger partial charge in [0.2, 0.25) is 5.91 Å². The third kappa shape index (κ3) is 5.66. The molecule has 1 aromatic rings. The maximum atomic E-state index is 13.1. The lowest BCUT2D eigenvalue weighted by Crippen LogP contribution is -2.31. The van der Waals surface area contributed by atoms with Crippen LogP contribution in [0.15, 0.2) is 18.2 Å². The van der Waals surface area contributed by atoms with Crippen LogP contribution in [0.4, 0.5) is 10.1 Å². The summed E-state index contributed by atoms with van der Waals surface area (Å²) in [6, 6.07) is 4.65. The summed E-state index contributed by atoms with van der Waals surface area (Å²) in [5.41, 5.74) is 1.46. The third-order valence-electron chi connectivity index (χ3n) is 2.54. The molecule has 0 aromatic heterocycles. The molecule has 18 heavy (non-hydrogen) atoms. The molecule has 0 saturated heterocycles. The third-order valence-corrected chi connectivity index (χ3v) is 2.54. The van der Waals surface area contributed by atoms with Crippen molar-refractivity contribution >= 4 is 11.6 Å². The van der Waals surface area contributed by atoms with E-state index in [1.807, 2.05) is 13.0 Å². The van der Waals surface area contributed by atoms with Crippen molar-refractivity contribution in [3.63, 3.8) is 0 Å². The van der Waals surface area contributed by atoms with Crippen LogP contribution in [0, 0.1) is 18.7 Å². The van der Waals surface area contributed by atoms with E-state index in [1.54, 1.807) is 0 Å². The van der Waals surface area contributed by atoms with Gasteiger partial charge >= 0.3 is 0 Å². The van der Waals surface area contributed by atoms with E-state index in [0.29, 0.717) is 18.2 Å². The Hall–Kier alpha value is -1.58. The summed E-state index contributed by atoms with van der Waals surface area (Å²) in [6.07, 6.45) is 0.963. The highest BCUT2D eigenvalue weighted by Gasteiger charge is 2.03. The molecule has 100 valence electrons. The molecule has 1 aromatic carbocycles. The van der Waals surface area contributed by atoms with Gasteiger partial charge in [-0.25, -0.2) is 4.39 Å². The number of hydrogen-bond donors (Lipinski definition) is 2. The van der Waals surface area contributed by atoms with Crippen LogP contribution in [0.25, 0.3) is 0 Å². The minimum absolute atomic E-state index is 0.0717. The highest BCUT2D eigenvalue weighted by molar-refractivity contribution is 5.80. The minimum Gasteiger partial charge on any atom is -0.376 e. The molecule has 3 nitrogen and oxygen atoms in total. The van der Waals surface area contributed by atoms with Crippen LogP contribution >= 0.6 is 0 Å². The Labute approximate surface area is 108 Å². The molecule has 1 rings (SSSR count). The fourth-order valence-corrected chi connectivity index (χ4v) is 1.58. The second kappa shape index (κ2) is 6.99. The fourth-order valence-electron chi connectivity index (χ4n) is 1.58. The van der Waals surface area contributed by atoms with Crippen molar-refractivity contribution in [3.05, 3.63) is 29.6 Å². The summed E-state index contributed by atoms with van der Waals surface area (Å²) in [7, 11) is 0. The van der Waals surface area contributed by atoms with Crippen molar-refractivity contribution in [2.45, 2.75) is 27.2 Å². The summed E-state index contributed by atoms with van der Waals surface area (Å²) in [5, 5.41) is 5.73. The predicted octanol–water partition coefficient (Wildman–Crippen LogP) is 2.71. The number of carbonyl (C=O) groups excluding carboxylic acids is 1. The molecule has 0 spiro atoms. The van der Waals surface area contributed by atoms with E-state index in [0.717, 1.165) is 12.0 Å². The zero-order valence-corrected chi connectivity index (χ0v) is 11.2. The highest BCUT2D eigenvalue weighted by Crippen LogP contribution is 2.12. The average Bonchev–Trinajstić information content (AvgIpc) is 2.24. The topological polar surface area (TPSA) is 41.1 Å².